The number of likely N-dealkylation sites (tertiary alicyclic amines) is 2. The van der Waals surface area contributed by atoms with E-state index < -0.39 is 23.3 Å². The monoisotopic (exact) mass is 462 g/mol. The lowest BCUT2D eigenvalue weighted by Crippen LogP contribution is -2.51. The number of carbonyl (C=O) groups is 2. The van der Waals surface area contributed by atoms with Crippen LogP contribution in [-0.4, -0.2) is 72.6 Å². The fourth-order valence-electron chi connectivity index (χ4n) is 4.56. The molecule has 3 fully saturated rings. The van der Waals surface area contributed by atoms with E-state index in [-0.39, 0.29) is 48.9 Å². The molecule has 2 unspecified atom stereocenters. The topological polar surface area (TPSA) is 64.7 Å². The average Bonchev–Trinajstić information content (AvgIpc) is 3.28. The molecule has 0 radical (unpaired) electrons. The van der Waals surface area contributed by atoms with E-state index in [0.717, 1.165) is 12.5 Å². The molecule has 1 aromatic carbocycles. The zero-order valence-corrected chi connectivity index (χ0v) is 17.4. The molecule has 0 spiro atoms. The maximum Gasteiger partial charge on any atom is 0.403 e. The van der Waals surface area contributed by atoms with Crippen molar-refractivity contribution in [1.29, 1.82) is 0 Å². The van der Waals surface area contributed by atoms with Gasteiger partial charge in [-0.05, 0) is 37.5 Å². The summed E-state index contributed by atoms with van der Waals surface area (Å²) >= 11 is 5.79. The van der Waals surface area contributed by atoms with Gasteiger partial charge in [-0.15, -0.1) is 0 Å². The summed E-state index contributed by atoms with van der Waals surface area (Å²) in [6, 6.07) is 4.17. The Balaban J connectivity index is 1.20. The first-order valence-electron chi connectivity index (χ1n) is 10.2. The summed E-state index contributed by atoms with van der Waals surface area (Å²) in [5, 5.41) is 5.28. The van der Waals surface area contributed by atoms with Crippen molar-refractivity contribution in [1.82, 2.24) is 15.1 Å². The van der Waals surface area contributed by atoms with Crippen molar-refractivity contribution in [3.8, 4) is 0 Å². The molecule has 1 saturated carbocycles. The third kappa shape index (κ3) is 4.65. The molecular formula is C20H23ClF4N4O2. The Kier molecular flexibility index (Phi) is 5.91. The molecule has 0 aromatic heterocycles. The van der Waals surface area contributed by atoms with Crippen molar-refractivity contribution in [3.05, 3.63) is 29.0 Å². The molecule has 11 heteroatoms. The molecule has 2 aliphatic heterocycles. The predicted molar refractivity (Wildman–Crippen MR) is 106 cm³/mol. The number of piperazine rings is 1. The SMILES string of the molecule is O=C(CN1CC2CC1CN2CCNC(=O)C1(C(F)(F)F)CC1)Nc1cc(F)cc(Cl)c1. The van der Waals surface area contributed by atoms with Gasteiger partial charge in [0, 0.05) is 49.0 Å². The number of hydrogen-bond acceptors (Lipinski definition) is 4. The molecule has 1 aromatic rings. The third-order valence-corrected chi connectivity index (χ3v) is 6.59. The van der Waals surface area contributed by atoms with Crippen molar-refractivity contribution in [2.24, 2.45) is 5.41 Å². The summed E-state index contributed by atoms with van der Waals surface area (Å²) in [6.07, 6.45) is -3.92. The largest absolute Gasteiger partial charge is 0.403 e. The smallest absolute Gasteiger partial charge is 0.354 e. The fourth-order valence-corrected chi connectivity index (χ4v) is 4.78. The molecule has 3 aliphatic rings. The molecule has 170 valence electrons. The molecule has 2 atom stereocenters. The lowest BCUT2D eigenvalue weighted by molar-refractivity contribution is -0.192. The number of benzene rings is 1. The fraction of sp³-hybridized carbons (Fsp3) is 0.600. The third-order valence-electron chi connectivity index (χ3n) is 6.37. The summed E-state index contributed by atoms with van der Waals surface area (Å²) in [4.78, 5) is 28.4. The molecule has 2 bridgehead atoms. The summed E-state index contributed by atoms with van der Waals surface area (Å²) in [7, 11) is 0. The van der Waals surface area contributed by atoms with Crippen molar-refractivity contribution >= 4 is 29.1 Å². The Hall–Kier alpha value is -1.91. The van der Waals surface area contributed by atoms with Gasteiger partial charge in [0.05, 0.1) is 6.54 Å². The Morgan fingerprint density at radius 3 is 2.39 bits per heavy atom. The highest BCUT2D eigenvalue weighted by Gasteiger charge is 2.68. The summed E-state index contributed by atoms with van der Waals surface area (Å²) in [6.45, 7) is 2.14. The van der Waals surface area contributed by atoms with Crippen molar-refractivity contribution < 1.29 is 27.2 Å². The number of anilines is 1. The van der Waals surface area contributed by atoms with Crippen LogP contribution in [0.1, 0.15) is 19.3 Å². The Bertz CT molecular complexity index is 857. The number of rotatable bonds is 7. The Morgan fingerprint density at radius 1 is 1.13 bits per heavy atom. The van der Waals surface area contributed by atoms with Gasteiger partial charge >= 0.3 is 6.18 Å². The predicted octanol–water partition coefficient (Wildman–Crippen LogP) is 2.63. The molecular weight excluding hydrogens is 440 g/mol. The van der Waals surface area contributed by atoms with Crippen LogP contribution in [-0.2, 0) is 9.59 Å². The number of hydrogen-bond donors (Lipinski definition) is 2. The maximum absolute atomic E-state index is 13.4. The zero-order chi connectivity index (χ0) is 22.4. The van der Waals surface area contributed by atoms with Gasteiger partial charge in [-0.25, -0.2) is 4.39 Å². The van der Waals surface area contributed by atoms with Crippen LogP contribution in [0.2, 0.25) is 5.02 Å². The van der Waals surface area contributed by atoms with E-state index in [2.05, 4.69) is 15.5 Å². The van der Waals surface area contributed by atoms with Gasteiger partial charge in [-0.1, -0.05) is 11.6 Å². The number of nitrogens with one attached hydrogen (secondary N) is 2. The number of alkyl halides is 3. The van der Waals surface area contributed by atoms with Gasteiger partial charge in [0.25, 0.3) is 0 Å². The molecule has 6 nitrogen and oxygen atoms in total. The number of amides is 2. The van der Waals surface area contributed by atoms with Crippen LogP contribution in [0.5, 0.6) is 0 Å². The Labute approximate surface area is 181 Å². The van der Waals surface area contributed by atoms with Crippen LogP contribution in [0.25, 0.3) is 0 Å². The maximum atomic E-state index is 13.4. The molecule has 2 N–H and O–H groups in total. The van der Waals surface area contributed by atoms with Gasteiger partial charge in [0.1, 0.15) is 11.2 Å². The van der Waals surface area contributed by atoms with E-state index in [9.17, 15) is 27.2 Å². The van der Waals surface area contributed by atoms with Crippen LogP contribution in [0.3, 0.4) is 0 Å². The van der Waals surface area contributed by atoms with Crippen LogP contribution in [0, 0.1) is 11.2 Å². The first-order valence-corrected chi connectivity index (χ1v) is 10.5. The Morgan fingerprint density at radius 2 is 1.81 bits per heavy atom. The van der Waals surface area contributed by atoms with Crippen LogP contribution in [0.15, 0.2) is 18.2 Å². The number of carbonyl (C=O) groups excluding carboxylic acids is 2. The number of halogens is 5. The van der Waals surface area contributed by atoms with E-state index in [1.807, 2.05) is 4.90 Å². The highest BCUT2D eigenvalue weighted by molar-refractivity contribution is 6.30. The summed E-state index contributed by atoms with van der Waals surface area (Å²) in [5.41, 5.74) is -1.89. The van der Waals surface area contributed by atoms with Gasteiger partial charge in [-0.2, -0.15) is 13.2 Å². The second-order valence-electron chi connectivity index (χ2n) is 8.51. The highest BCUT2D eigenvalue weighted by atomic mass is 35.5. The van der Waals surface area contributed by atoms with Crippen LogP contribution >= 0.6 is 11.6 Å². The molecule has 1 aliphatic carbocycles. The van der Waals surface area contributed by atoms with Crippen molar-refractivity contribution in [3.63, 3.8) is 0 Å². The first-order chi connectivity index (χ1) is 14.6. The lowest BCUT2D eigenvalue weighted by Gasteiger charge is -2.33. The molecule has 2 heterocycles. The van der Waals surface area contributed by atoms with Gasteiger partial charge in [-0.3, -0.25) is 19.4 Å². The zero-order valence-electron chi connectivity index (χ0n) is 16.6. The van der Waals surface area contributed by atoms with Gasteiger partial charge in [0.15, 0.2) is 0 Å². The molecule has 31 heavy (non-hydrogen) atoms. The minimum Gasteiger partial charge on any atom is -0.354 e. The van der Waals surface area contributed by atoms with E-state index in [0.29, 0.717) is 25.3 Å². The second-order valence-corrected chi connectivity index (χ2v) is 8.95. The summed E-state index contributed by atoms with van der Waals surface area (Å²) in [5.74, 6) is -1.73. The van der Waals surface area contributed by atoms with E-state index >= 15 is 0 Å². The van der Waals surface area contributed by atoms with E-state index in [1.54, 1.807) is 0 Å². The van der Waals surface area contributed by atoms with Crippen LogP contribution < -0.4 is 10.6 Å². The average molecular weight is 463 g/mol. The minimum absolute atomic E-state index is 0.143. The quantitative estimate of drug-likeness (QED) is 0.611. The second kappa shape index (κ2) is 8.22. The van der Waals surface area contributed by atoms with E-state index in [4.69, 9.17) is 11.6 Å². The minimum atomic E-state index is -4.50. The highest BCUT2D eigenvalue weighted by Crippen LogP contribution is 2.57. The standard InChI is InChI=1S/C20H23ClF4N4O2/c21-12-5-13(22)7-14(6-12)27-17(30)11-29-10-15-8-16(29)9-28(15)4-3-26-18(31)19(1-2-19)20(23,24)25/h5-7,15-16H,1-4,8-11H2,(H,26,31)(H,27,30). The molecule has 2 saturated heterocycles. The van der Waals surface area contributed by atoms with Crippen molar-refractivity contribution in [2.45, 2.75) is 37.5 Å². The number of nitrogens with zero attached hydrogens (tertiary/aromatic N) is 2. The molecule has 2 amide bonds. The van der Waals surface area contributed by atoms with Crippen LogP contribution in [0.4, 0.5) is 23.2 Å². The molecule has 4 rings (SSSR count). The first kappa shape index (κ1) is 22.3. The van der Waals surface area contributed by atoms with Gasteiger partial charge < -0.3 is 10.6 Å². The number of fused-ring (bicyclic) bond motifs is 2. The summed E-state index contributed by atoms with van der Waals surface area (Å²) < 4.78 is 52.4. The lowest BCUT2D eigenvalue weighted by atomic mass is 10.1. The van der Waals surface area contributed by atoms with E-state index in [1.165, 1.54) is 12.1 Å². The van der Waals surface area contributed by atoms with Gasteiger partial charge in [0.2, 0.25) is 11.8 Å². The van der Waals surface area contributed by atoms with Crippen molar-refractivity contribution in [2.75, 3.05) is 38.0 Å². The normalized spacial score (nSPS) is 24.9.